The standard InChI is InChI=1S/C22H27FN4O2/c1-3-16-10-17(23)14-25-21(16)18-11-19(24-13-15(18)2)26-6-8-27(9-7-26)20(28)12-22(29)4-5-22/h10-11,13-14,29H,3-9,12H2,1-2H3. The number of carbonyl (C=O) groups is 1. The molecule has 1 aliphatic heterocycles. The van der Waals surface area contributed by atoms with Crippen molar-refractivity contribution < 1.29 is 14.3 Å². The summed E-state index contributed by atoms with van der Waals surface area (Å²) in [5.41, 5.74) is 2.87. The Labute approximate surface area is 170 Å². The van der Waals surface area contributed by atoms with Crippen LogP contribution in [0.15, 0.2) is 24.5 Å². The third-order valence-electron chi connectivity index (χ3n) is 5.92. The molecule has 6 nitrogen and oxygen atoms in total. The number of hydrogen-bond acceptors (Lipinski definition) is 5. The molecule has 1 saturated carbocycles. The van der Waals surface area contributed by atoms with Gasteiger partial charge in [0.15, 0.2) is 0 Å². The third-order valence-corrected chi connectivity index (χ3v) is 5.92. The first-order valence-electron chi connectivity index (χ1n) is 10.2. The summed E-state index contributed by atoms with van der Waals surface area (Å²) in [6.07, 6.45) is 5.47. The molecule has 0 spiro atoms. The van der Waals surface area contributed by atoms with Gasteiger partial charge in [-0.05, 0) is 49.4 Å². The average molecular weight is 398 g/mol. The SMILES string of the molecule is CCc1cc(F)cnc1-c1cc(N2CCN(C(=O)CC3(O)CC3)CC2)ncc1C. The Kier molecular flexibility index (Phi) is 5.25. The van der Waals surface area contributed by atoms with E-state index in [-0.39, 0.29) is 18.1 Å². The highest BCUT2D eigenvalue weighted by Crippen LogP contribution is 2.38. The number of hydrogen-bond donors (Lipinski definition) is 1. The predicted molar refractivity (Wildman–Crippen MR) is 109 cm³/mol. The Morgan fingerprint density at radius 1 is 1.17 bits per heavy atom. The normalized spacial score (nSPS) is 18.1. The fourth-order valence-corrected chi connectivity index (χ4v) is 3.83. The summed E-state index contributed by atoms with van der Waals surface area (Å²) < 4.78 is 13.6. The first kappa shape index (κ1) is 19.8. The summed E-state index contributed by atoms with van der Waals surface area (Å²) in [7, 11) is 0. The number of rotatable bonds is 5. The second-order valence-electron chi connectivity index (χ2n) is 8.14. The molecule has 3 heterocycles. The van der Waals surface area contributed by atoms with Crippen molar-refractivity contribution in [3.63, 3.8) is 0 Å². The Hall–Kier alpha value is -2.54. The van der Waals surface area contributed by atoms with Gasteiger partial charge in [0, 0.05) is 37.9 Å². The highest BCUT2D eigenvalue weighted by molar-refractivity contribution is 5.78. The molecule has 2 aromatic heterocycles. The number of halogens is 1. The molecule has 0 atom stereocenters. The van der Waals surface area contributed by atoms with E-state index in [2.05, 4.69) is 14.9 Å². The summed E-state index contributed by atoms with van der Waals surface area (Å²) >= 11 is 0. The van der Waals surface area contributed by atoms with Crippen LogP contribution in [0.4, 0.5) is 10.2 Å². The molecule has 0 bridgehead atoms. The van der Waals surface area contributed by atoms with Crippen molar-refractivity contribution in [1.82, 2.24) is 14.9 Å². The summed E-state index contributed by atoms with van der Waals surface area (Å²) in [5, 5.41) is 9.99. The van der Waals surface area contributed by atoms with E-state index in [1.807, 2.05) is 31.0 Å². The van der Waals surface area contributed by atoms with Gasteiger partial charge in [-0.15, -0.1) is 0 Å². The van der Waals surface area contributed by atoms with Crippen LogP contribution in [0.1, 0.15) is 37.3 Å². The number of nitrogens with zero attached hydrogens (tertiary/aromatic N) is 4. The maximum Gasteiger partial charge on any atom is 0.225 e. The number of aryl methyl sites for hydroxylation is 2. The van der Waals surface area contributed by atoms with Crippen LogP contribution in [0, 0.1) is 12.7 Å². The van der Waals surface area contributed by atoms with Gasteiger partial charge in [0.2, 0.25) is 5.91 Å². The van der Waals surface area contributed by atoms with E-state index in [1.165, 1.54) is 6.20 Å². The molecule has 2 fully saturated rings. The van der Waals surface area contributed by atoms with Crippen LogP contribution in [-0.2, 0) is 11.2 Å². The Morgan fingerprint density at radius 3 is 2.55 bits per heavy atom. The van der Waals surface area contributed by atoms with Gasteiger partial charge in [-0.25, -0.2) is 9.37 Å². The predicted octanol–water partition coefficient (Wildman–Crippen LogP) is 2.72. The molecule has 1 aliphatic carbocycles. The molecular formula is C22H27FN4O2. The van der Waals surface area contributed by atoms with Crippen molar-refractivity contribution in [2.75, 3.05) is 31.1 Å². The molecule has 1 amide bonds. The Balaban J connectivity index is 1.49. The van der Waals surface area contributed by atoms with Gasteiger partial charge in [-0.3, -0.25) is 9.78 Å². The van der Waals surface area contributed by atoms with Crippen LogP contribution in [0.2, 0.25) is 0 Å². The summed E-state index contributed by atoms with van der Waals surface area (Å²) in [6, 6.07) is 3.55. The smallest absolute Gasteiger partial charge is 0.225 e. The van der Waals surface area contributed by atoms with Crippen LogP contribution in [0.5, 0.6) is 0 Å². The van der Waals surface area contributed by atoms with Crippen molar-refractivity contribution >= 4 is 11.7 Å². The van der Waals surface area contributed by atoms with E-state index >= 15 is 0 Å². The molecule has 0 unspecified atom stereocenters. The van der Waals surface area contributed by atoms with Gasteiger partial charge >= 0.3 is 0 Å². The number of carbonyl (C=O) groups excluding carboxylic acids is 1. The number of aromatic nitrogens is 2. The zero-order chi connectivity index (χ0) is 20.6. The van der Waals surface area contributed by atoms with Crippen LogP contribution >= 0.6 is 0 Å². The first-order valence-corrected chi connectivity index (χ1v) is 10.2. The van der Waals surface area contributed by atoms with E-state index < -0.39 is 5.60 Å². The molecule has 154 valence electrons. The highest BCUT2D eigenvalue weighted by Gasteiger charge is 2.43. The van der Waals surface area contributed by atoms with Crippen LogP contribution in [-0.4, -0.2) is 57.7 Å². The van der Waals surface area contributed by atoms with Crippen molar-refractivity contribution in [3.05, 3.63) is 41.5 Å². The van der Waals surface area contributed by atoms with Crippen molar-refractivity contribution in [1.29, 1.82) is 0 Å². The molecular weight excluding hydrogens is 371 g/mol. The van der Waals surface area contributed by atoms with Crippen molar-refractivity contribution in [2.45, 2.75) is 45.1 Å². The molecule has 4 rings (SSSR count). The van der Waals surface area contributed by atoms with Gasteiger partial charge in [-0.2, -0.15) is 0 Å². The average Bonchev–Trinajstić information content (AvgIpc) is 3.45. The van der Waals surface area contributed by atoms with E-state index in [0.29, 0.717) is 32.6 Å². The number of aliphatic hydroxyl groups is 1. The van der Waals surface area contributed by atoms with E-state index in [0.717, 1.165) is 41.0 Å². The zero-order valence-electron chi connectivity index (χ0n) is 17.0. The van der Waals surface area contributed by atoms with Gasteiger partial charge in [0.25, 0.3) is 0 Å². The quantitative estimate of drug-likeness (QED) is 0.839. The van der Waals surface area contributed by atoms with Gasteiger partial charge in [0.1, 0.15) is 11.6 Å². The molecule has 1 N–H and O–H groups in total. The van der Waals surface area contributed by atoms with Crippen LogP contribution in [0.25, 0.3) is 11.3 Å². The minimum absolute atomic E-state index is 0.0327. The second-order valence-corrected chi connectivity index (χ2v) is 8.14. The zero-order valence-corrected chi connectivity index (χ0v) is 17.0. The maximum atomic E-state index is 13.6. The van der Waals surface area contributed by atoms with Gasteiger partial charge in [-0.1, -0.05) is 6.92 Å². The van der Waals surface area contributed by atoms with E-state index in [4.69, 9.17) is 0 Å². The van der Waals surface area contributed by atoms with Crippen molar-refractivity contribution in [3.8, 4) is 11.3 Å². The molecule has 1 saturated heterocycles. The highest BCUT2D eigenvalue weighted by atomic mass is 19.1. The summed E-state index contributed by atoms with van der Waals surface area (Å²) in [6.45, 7) is 6.60. The van der Waals surface area contributed by atoms with E-state index in [1.54, 1.807) is 6.07 Å². The lowest BCUT2D eigenvalue weighted by molar-refractivity contribution is -0.134. The number of amides is 1. The molecule has 7 heteroatoms. The fourth-order valence-electron chi connectivity index (χ4n) is 3.83. The minimum atomic E-state index is -0.749. The molecule has 29 heavy (non-hydrogen) atoms. The fraction of sp³-hybridized carbons (Fsp3) is 0.500. The van der Waals surface area contributed by atoms with Gasteiger partial charge < -0.3 is 14.9 Å². The Morgan fingerprint density at radius 2 is 1.90 bits per heavy atom. The Bertz CT molecular complexity index is 921. The third kappa shape index (κ3) is 4.24. The molecule has 2 aromatic rings. The summed E-state index contributed by atoms with van der Waals surface area (Å²) in [4.78, 5) is 25.3. The summed E-state index contributed by atoms with van der Waals surface area (Å²) in [5.74, 6) is 0.547. The first-order chi connectivity index (χ1) is 13.9. The lowest BCUT2D eigenvalue weighted by Gasteiger charge is -2.36. The monoisotopic (exact) mass is 398 g/mol. The number of anilines is 1. The van der Waals surface area contributed by atoms with Gasteiger partial charge in [0.05, 0.1) is 23.9 Å². The maximum absolute atomic E-state index is 13.6. The topological polar surface area (TPSA) is 69.6 Å². The van der Waals surface area contributed by atoms with Crippen LogP contribution < -0.4 is 4.90 Å². The van der Waals surface area contributed by atoms with Crippen LogP contribution in [0.3, 0.4) is 0 Å². The molecule has 0 radical (unpaired) electrons. The number of pyridine rings is 2. The van der Waals surface area contributed by atoms with E-state index in [9.17, 15) is 14.3 Å². The second kappa shape index (κ2) is 7.71. The molecule has 2 aliphatic rings. The number of piperazine rings is 1. The van der Waals surface area contributed by atoms with Crippen molar-refractivity contribution in [2.24, 2.45) is 0 Å². The molecule has 0 aromatic carbocycles. The largest absolute Gasteiger partial charge is 0.389 e. The lowest BCUT2D eigenvalue weighted by Crippen LogP contribution is -2.49. The minimum Gasteiger partial charge on any atom is -0.389 e. The lowest BCUT2D eigenvalue weighted by atomic mass is 10.0.